The van der Waals surface area contributed by atoms with Gasteiger partial charge in [-0.15, -0.1) is 0 Å². The first-order valence-electron chi connectivity index (χ1n) is 10.9. The van der Waals surface area contributed by atoms with Crippen LogP contribution in [0.1, 0.15) is 23.7 Å². The Labute approximate surface area is 204 Å². The molecule has 0 saturated carbocycles. The van der Waals surface area contributed by atoms with Crippen LogP contribution in [0.4, 0.5) is 24.8 Å². The van der Waals surface area contributed by atoms with Crippen molar-refractivity contribution in [3.8, 4) is 11.6 Å². The third-order valence-electron chi connectivity index (χ3n) is 5.42. The average Bonchev–Trinajstić information content (AvgIpc) is 3.34. The maximum atomic E-state index is 13.3. The number of aromatic nitrogens is 4. The van der Waals surface area contributed by atoms with Gasteiger partial charge < -0.3 is 20.1 Å². The number of alkyl halides is 3. The van der Waals surface area contributed by atoms with Crippen LogP contribution in [-0.2, 0) is 11.0 Å². The Morgan fingerprint density at radius 3 is 2.69 bits per heavy atom. The molecule has 3 heterocycles. The number of aryl methyl sites for hydroxylation is 1. The van der Waals surface area contributed by atoms with Crippen molar-refractivity contribution in [3.05, 3.63) is 71.3 Å². The Morgan fingerprint density at radius 1 is 1.28 bits per heavy atom. The van der Waals surface area contributed by atoms with Gasteiger partial charge in [-0.25, -0.2) is 14.5 Å². The zero-order chi connectivity index (χ0) is 26.0. The van der Waals surface area contributed by atoms with Crippen molar-refractivity contribution >= 4 is 23.2 Å². The van der Waals surface area contributed by atoms with Gasteiger partial charge in [0.25, 0.3) is 0 Å². The molecule has 188 valence electrons. The van der Waals surface area contributed by atoms with E-state index < -0.39 is 17.8 Å². The van der Waals surface area contributed by atoms with E-state index in [4.69, 9.17) is 4.74 Å². The number of nitrogens with zero attached hydrogens (tertiary/aromatic N) is 5. The van der Waals surface area contributed by atoms with E-state index in [0.29, 0.717) is 29.1 Å². The van der Waals surface area contributed by atoms with Gasteiger partial charge in [0.15, 0.2) is 11.5 Å². The van der Waals surface area contributed by atoms with Gasteiger partial charge in [-0.2, -0.15) is 23.3 Å². The van der Waals surface area contributed by atoms with Crippen molar-refractivity contribution in [2.45, 2.75) is 20.0 Å². The molecule has 0 spiro atoms. The number of nitrogens with one attached hydrogen (secondary N) is 1. The summed E-state index contributed by atoms with van der Waals surface area (Å²) in [5.41, 5.74) is 1.32. The molecule has 1 aliphatic rings. The summed E-state index contributed by atoms with van der Waals surface area (Å²) in [5.74, 6) is -0.328. The summed E-state index contributed by atoms with van der Waals surface area (Å²) in [7, 11) is 1.54. The van der Waals surface area contributed by atoms with Gasteiger partial charge in [0.1, 0.15) is 5.75 Å². The number of hydrogen-bond donors (Lipinski definition) is 2. The number of rotatable bonds is 7. The molecule has 0 radical (unpaired) electrons. The summed E-state index contributed by atoms with van der Waals surface area (Å²) < 4.78 is 46.1. The lowest BCUT2D eigenvalue weighted by atomic mass is 10.0. The molecule has 0 fully saturated rings. The van der Waals surface area contributed by atoms with Crippen LogP contribution in [0.25, 0.3) is 11.4 Å². The van der Waals surface area contributed by atoms with Crippen molar-refractivity contribution in [2.24, 2.45) is 0 Å². The Bertz CT molecular complexity index is 1360. The fraction of sp³-hybridized carbons (Fsp3) is 0.250. The highest BCUT2D eigenvalue weighted by Crippen LogP contribution is 2.31. The van der Waals surface area contributed by atoms with Crippen molar-refractivity contribution < 1.29 is 27.8 Å². The van der Waals surface area contributed by atoms with E-state index in [1.807, 2.05) is 26.0 Å². The second kappa shape index (κ2) is 9.72. The average molecular weight is 500 g/mol. The summed E-state index contributed by atoms with van der Waals surface area (Å²) in [6, 6.07) is 6.24. The Hall–Kier alpha value is -4.35. The van der Waals surface area contributed by atoms with E-state index in [1.165, 1.54) is 19.4 Å². The number of carboxylic acids is 1. The molecular weight excluding hydrogens is 477 g/mol. The van der Waals surface area contributed by atoms with E-state index in [9.17, 15) is 23.1 Å². The van der Waals surface area contributed by atoms with Crippen LogP contribution in [0.3, 0.4) is 0 Å². The molecule has 1 aromatic carbocycles. The quantitative estimate of drug-likeness (QED) is 0.491. The maximum absolute atomic E-state index is 13.3. The number of anilines is 2. The van der Waals surface area contributed by atoms with Crippen molar-refractivity contribution in [1.29, 1.82) is 0 Å². The zero-order valence-corrected chi connectivity index (χ0v) is 19.7. The standard InChI is InChI=1S/C24H23F3N6O3/c1-4-32-12-15(9-16(13-32)22(34)35)19-11-28-23(29-17-7-14(2)8-18(10-17)36-3)30-21(19)33-6-5-20(31-33)24(25,26)27/h5-12H,4,13H2,1-3H3,(H,34,35)(H,28,29,30). The largest absolute Gasteiger partial charge is 0.497 e. The van der Waals surface area contributed by atoms with Crippen molar-refractivity contribution in [3.63, 3.8) is 0 Å². The summed E-state index contributed by atoms with van der Waals surface area (Å²) in [4.78, 5) is 22.2. The van der Waals surface area contributed by atoms with Gasteiger partial charge in [0.05, 0.1) is 12.7 Å². The van der Waals surface area contributed by atoms with Crippen LogP contribution >= 0.6 is 0 Å². The molecule has 0 amide bonds. The van der Waals surface area contributed by atoms with Crippen LogP contribution in [0, 0.1) is 6.92 Å². The van der Waals surface area contributed by atoms with Crippen LogP contribution in [0.15, 0.2) is 54.5 Å². The molecule has 36 heavy (non-hydrogen) atoms. The van der Waals surface area contributed by atoms with E-state index in [0.717, 1.165) is 22.5 Å². The molecule has 0 bridgehead atoms. The fourth-order valence-corrected chi connectivity index (χ4v) is 3.68. The van der Waals surface area contributed by atoms with Crippen LogP contribution in [0.2, 0.25) is 0 Å². The molecule has 0 saturated heterocycles. The smallest absolute Gasteiger partial charge is 0.435 e. The van der Waals surface area contributed by atoms with Crippen molar-refractivity contribution in [2.75, 3.05) is 25.5 Å². The van der Waals surface area contributed by atoms with Crippen molar-refractivity contribution in [1.82, 2.24) is 24.6 Å². The molecule has 9 nitrogen and oxygen atoms in total. The van der Waals surface area contributed by atoms with E-state index in [-0.39, 0.29) is 23.9 Å². The number of benzene rings is 1. The van der Waals surface area contributed by atoms with Gasteiger partial charge in [-0.1, -0.05) is 0 Å². The van der Waals surface area contributed by atoms with Crippen LogP contribution in [0.5, 0.6) is 5.75 Å². The molecule has 2 N–H and O–H groups in total. The third kappa shape index (κ3) is 5.32. The molecule has 3 aromatic rings. The molecule has 0 atom stereocenters. The molecule has 12 heteroatoms. The topological polar surface area (TPSA) is 105 Å². The predicted octanol–water partition coefficient (Wildman–Crippen LogP) is 4.43. The van der Waals surface area contributed by atoms with Gasteiger partial charge in [-0.05, 0) is 43.7 Å². The number of carbonyl (C=O) groups is 1. The first-order chi connectivity index (χ1) is 17.1. The van der Waals surface area contributed by atoms with Crippen LogP contribution in [-0.4, -0.2) is 55.9 Å². The first kappa shape index (κ1) is 24.8. The van der Waals surface area contributed by atoms with Gasteiger partial charge in [0.2, 0.25) is 5.95 Å². The number of halogens is 3. The number of likely N-dealkylation sites (N-methyl/N-ethyl adjacent to an activating group) is 1. The molecule has 1 aliphatic heterocycles. The molecule has 0 aliphatic carbocycles. The lowest BCUT2D eigenvalue weighted by Gasteiger charge is -2.25. The number of methoxy groups -OCH3 is 1. The highest BCUT2D eigenvalue weighted by Gasteiger charge is 2.34. The third-order valence-corrected chi connectivity index (χ3v) is 5.42. The number of aliphatic carboxylic acids is 1. The zero-order valence-electron chi connectivity index (χ0n) is 19.7. The number of allylic oxidation sites excluding steroid dienone is 2. The molecule has 0 unspecified atom stereocenters. The monoisotopic (exact) mass is 500 g/mol. The minimum absolute atomic E-state index is 0.0489. The first-order valence-corrected chi connectivity index (χ1v) is 10.9. The SMILES string of the molecule is CCN1C=C(c2cnc(Nc3cc(C)cc(OC)c3)nc2-n2ccc(C(F)(F)F)n2)C=C(C(=O)O)C1. The van der Waals surface area contributed by atoms with Gasteiger partial charge >= 0.3 is 12.1 Å². The fourth-order valence-electron chi connectivity index (χ4n) is 3.68. The minimum atomic E-state index is -4.64. The molecule has 2 aromatic heterocycles. The Balaban J connectivity index is 1.83. The Morgan fingerprint density at radius 2 is 2.06 bits per heavy atom. The second-order valence-electron chi connectivity index (χ2n) is 8.06. The predicted molar refractivity (Wildman–Crippen MR) is 126 cm³/mol. The lowest BCUT2D eigenvalue weighted by molar-refractivity contribution is -0.141. The second-order valence-corrected chi connectivity index (χ2v) is 8.06. The highest BCUT2D eigenvalue weighted by atomic mass is 19.4. The van der Waals surface area contributed by atoms with Gasteiger partial charge in [-0.3, -0.25) is 0 Å². The summed E-state index contributed by atoms with van der Waals surface area (Å²) in [6.45, 7) is 4.47. The Kier molecular flexibility index (Phi) is 6.69. The molecular formula is C24H23F3N6O3. The van der Waals surface area contributed by atoms with E-state index in [2.05, 4.69) is 20.4 Å². The lowest BCUT2D eigenvalue weighted by Crippen LogP contribution is -2.26. The maximum Gasteiger partial charge on any atom is 0.435 e. The minimum Gasteiger partial charge on any atom is -0.497 e. The highest BCUT2D eigenvalue weighted by molar-refractivity contribution is 5.93. The van der Waals surface area contributed by atoms with Crippen LogP contribution < -0.4 is 10.1 Å². The number of carboxylic acid groups (broad SMARTS) is 1. The molecule has 4 rings (SSSR count). The van der Waals surface area contributed by atoms with Gasteiger partial charge in [0, 0.05) is 54.6 Å². The summed E-state index contributed by atoms with van der Waals surface area (Å²) >= 11 is 0. The normalized spacial score (nSPS) is 13.8. The summed E-state index contributed by atoms with van der Waals surface area (Å²) in [6.07, 6.45) is 1.12. The summed E-state index contributed by atoms with van der Waals surface area (Å²) in [5, 5.41) is 16.3. The van der Waals surface area contributed by atoms with E-state index >= 15 is 0 Å². The number of ether oxygens (including phenoxy) is 1. The van der Waals surface area contributed by atoms with E-state index in [1.54, 1.807) is 17.2 Å². The number of hydrogen-bond acceptors (Lipinski definition) is 7.